The Balaban J connectivity index is 2.18. The summed E-state index contributed by atoms with van der Waals surface area (Å²) >= 11 is 0. The molecular formula is C14H25N3O3. The van der Waals surface area contributed by atoms with Gasteiger partial charge in [0.2, 0.25) is 5.91 Å². The number of oxime groups is 1. The molecule has 0 aliphatic carbocycles. The van der Waals surface area contributed by atoms with Crippen LogP contribution in [0.1, 0.15) is 40.0 Å². The summed E-state index contributed by atoms with van der Waals surface area (Å²) in [6.07, 6.45) is 2.72. The molecule has 2 aliphatic heterocycles. The molecule has 20 heavy (non-hydrogen) atoms. The average Bonchev–Trinajstić information content (AvgIpc) is 2.70. The minimum Gasteiger partial charge on any atom is -0.409 e. The number of likely N-dealkylation sites (tertiary alicyclic amines) is 1. The van der Waals surface area contributed by atoms with Gasteiger partial charge in [-0.15, -0.1) is 0 Å². The van der Waals surface area contributed by atoms with E-state index in [1.165, 1.54) is 0 Å². The van der Waals surface area contributed by atoms with Gasteiger partial charge in [-0.2, -0.15) is 0 Å². The van der Waals surface area contributed by atoms with Crippen LogP contribution in [0.5, 0.6) is 0 Å². The third-order valence-electron chi connectivity index (χ3n) is 4.77. The number of carbonyl (C=O) groups excluding carboxylic acids is 1. The molecule has 2 saturated heterocycles. The molecule has 2 rings (SSSR count). The fourth-order valence-corrected chi connectivity index (χ4v) is 3.45. The first-order valence-electron chi connectivity index (χ1n) is 7.40. The van der Waals surface area contributed by atoms with Gasteiger partial charge in [0, 0.05) is 6.54 Å². The summed E-state index contributed by atoms with van der Waals surface area (Å²) in [5, 5.41) is 12.0. The Morgan fingerprint density at radius 2 is 2.00 bits per heavy atom. The van der Waals surface area contributed by atoms with Crippen molar-refractivity contribution in [3.63, 3.8) is 0 Å². The highest BCUT2D eigenvalue weighted by molar-refractivity contribution is 5.91. The van der Waals surface area contributed by atoms with Crippen molar-refractivity contribution >= 4 is 11.7 Å². The van der Waals surface area contributed by atoms with E-state index in [2.05, 4.69) is 12.1 Å². The minimum absolute atomic E-state index is 0.0747. The molecule has 5 unspecified atom stereocenters. The molecule has 3 N–H and O–H groups in total. The van der Waals surface area contributed by atoms with E-state index >= 15 is 0 Å². The van der Waals surface area contributed by atoms with Crippen molar-refractivity contribution in [3.8, 4) is 0 Å². The predicted octanol–water partition coefficient (Wildman–Crippen LogP) is 1.17. The lowest BCUT2D eigenvalue weighted by Crippen LogP contribution is -2.53. The summed E-state index contributed by atoms with van der Waals surface area (Å²) in [6.45, 7) is 6.68. The van der Waals surface area contributed by atoms with Gasteiger partial charge in [-0.05, 0) is 39.0 Å². The summed E-state index contributed by atoms with van der Waals surface area (Å²) in [5.41, 5.74) is 5.75. The second-order valence-electron chi connectivity index (χ2n) is 6.00. The van der Waals surface area contributed by atoms with Crippen LogP contribution in [0.15, 0.2) is 5.16 Å². The van der Waals surface area contributed by atoms with Crippen LogP contribution in [-0.2, 0) is 9.53 Å². The zero-order valence-corrected chi connectivity index (χ0v) is 12.5. The maximum atomic E-state index is 12.9. The van der Waals surface area contributed by atoms with Gasteiger partial charge in [0.25, 0.3) is 0 Å². The number of amidine groups is 1. The lowest BCUT2D eigenvalue weighted by molar-refractivity contribution is -0.140. The van der Waals surface area contributed by atoms with E-state index in [1.807, 2.05) is 13.8 Å². The van der Waals surface area contributed by atoms with Crippen molar-refractivity contribution < 1.29 is 14.7 Å². The van der Waals surface area contributed by atoms with Crippen molar-refractivity contribution in [3.05, 3.63) is 0 Å². The van der Waals surface area contributed by atoms with E-state index < -0.39 is 0 Å². The summed E-state index contributed by atoms with van der Waals surface area (Å²) in [4.78, 5) is 14.6. The van der Waals surface area contributed by atoms with Crippen LogP contribution < -0.4 is 5.73 Å². The number of amides is 1. The number of piperidine rings is 1. The molecule has 0 aromatic rings. The lowest BCUT2D eigenvalue weighted by Gasteiger charge is -2.37. The minimum atomic E-state index is -0.281. The van der Waals surface area contributed by atoms with Gasteiger partial charge in [-0.25, -0.2) is 0 Å². The van der Waals surface area contributed by atoms with Crippen molar-refractivity contribution in [2.45, 2.75) is 58.3 Å². The number of hydrogen-bond donors (Lipinski definition) is 2. The zero-order valence-electron chi connectivity index (χ0n) is 12.5. The van der Waals surface area contributed by atoms with Gasteiger partial charge >= 0.3 is 0 Å². The molecule has 0 bridgehead atoms. The van der Waals surface area contributed by atoms with E-state index in [9.17, 15) is 4.79 Å². The van der Waals surface area contributed by atoms with Crippen molar-refractivity contribution in [2.24, 2.45) is 22.7 Å². The highest BCUT2D eigenvalue weighted by Gasteiger charge is 2.45. The molecule has 6 nitrogen and oxygen atoms in total. The highest BCUT2D eigenvalue weighted by atomic mass is 16.5. The lowest BCUT2D eigenvalue weighted by atomic mass is 9.87. The Hall–Kier alpha value is -1.30. The number of rotatable bonds is 2. The van der Waals surface area contributed by atoms with Gasteiger partial charge in [-0.3, -0.25) is 4.79 Å². The fourth-order valence-electron chi connectivity index (χ4n) is 3.45. The molecule has 0 spiro atoms. The molecule has 2 heterocycles. The van der Waals surface area contributed by atoms with Crippen LogP contribution in [0.3, 0.4) is 0 Å². The maximum Gasteiger partial charge on any atom is 0.229 e. The first-order valence-corrected chi connectivity index (χ1v) is 7.40. The van der Waals surface area contributed by atoms with E-state index in [4.69, 9.17) is 15.7 Å². The Kier molecular flexibility index (Phi) is 4.52. The van der Waals surface area contributed by atoms with Gasteiger partial charge in [0.1, 0.15) is 0 Å². The predicted molar refractivity (Wildman–Crippen MR) is 75.4 cm³/mol. The number of carbonyl (C=O) groups is 1. The standard InChI is InChI=1S/C14H25N3O3/c1-8-9(2)20-10(3)12(8)14(18)17-7-5-4-6-11(17)13(15)16-19/h8-12,19H,4-7H2,1-3H3,(H2,15,16). The average molecular weight is 283 g/mol. The maximum absolute atomic E-state index is 12.9. The normalized spacial score (nSPS) is 39.0. The molecule has 2 fully saturated rings. The largest absolute Gasteiger partial charge is 0.409 e. The van der Waals surface area contributed by atoms with Crippen molar-refractivity contribution in [1.82, 2.24) is 4.90 Å². The molecular weight excluding hydrogens is 258 g/mol. The van der Waals surface area contributed by atoms with E-state index in [0.29, 0.717) is 6.54 Å². The van der Waals surface area contributed by atoms with Crippen LogP contribution in [0, 0.1) is 11.8 Å². The Morgan fingerprint density at radius 1 is 1.30 bits per heavy atom. The second kappa shape index (κ2) is 5.99. The first kappa shape index (κ1) is 15.1. The Labute approximate surface area is 119 Å². The number of nitrogens with zero attached hydrogens (tertiary/aromatic N) is 2. The van der Waals surface area contributed by atoms with Gasteiger partial charge in [-0.1, -0.05) is 12.1 Å². The zero-order chi connectivity index (χ0) is 14.9. The van der Waals surface area contributed by atoms with Crippen molar-refractivity contribution in [1.29, 1.82) is 0 Å². The first-order chi connectivity index (χ1) is 9.47. The quantitative estimate of drug-likeness (QED) is 0.345. The molecule has 5 atom stereocenters. The van der Waals surface area contributed by atoms with Crippen LogP contribution in [-0.4, -0.2) is 46.6 Å². The molecule has 2 aliphatic rings. The van der Waals surface area contributed by atoms with Crippen LogP contribution in [0.2, 0.25) is 0 Å². The number of hydrogen-bond acceptors (Lipinski definition) is 4. The molecule has 0 aromatic heterocycles. The highest BCUT2D eigenvalue weighted by Crippen LogP contribution is 2.34. The van der Waals surface area contributed by atoms with Gasteiger partial charge < -0.3 is 20.6 Å². The van der Waals surface area contributed by atoms with E-state index in [1.54, 1.807) is 4.90 Å². The summed E-state index contributed by atoms with van der Waals surface area (Å²) < 4.78 is 5.76. The molecule has 1 amide bonds. The molecule has 0 saturated carbocycles. The smallest absolute Gasteiger partial charge is 0.229 e. The van der Waals surface area contributed by atoms with E-state index in [-0.39, 0.29) is 41.8 Å². The number of ether oxygens (including phenoxy) is 1. The third-order valence-corrected chi connectivity index (χ3v) is 4.77. The summed E-state index contributed by atoms with van der Waals surface area (Å²) in [6, 6.07) is -0.281. The third kappa shape index (κ3) is 2.61. The SMILES string of the molecule is CC1OC(C)C(C(=O)N2CCCCC2C(N)=NO)C1C. The summed E-state index contributed by atoms with van der Waals surface area (Å²) in [5.74, 6) is 0.250. The van der Waals surface area contributed by atoms with Crippen LogP contribution >= 0.6 is 0 Å². The summed E-state index contributed by atoms with van der Waals surface area (Å²) in [7, 11) is 0. The van der Waals surface area contributed by atoms with Gasteiger partial charge in [0.15, 0.2) is 5.84 Å². The fraction of sp³-hybridized carbons (Fsp3) is 0.857. The van der Waals surface area contributed by atoms with Crippen molar-refractivity contribution in [2.75, 3.05) is 6.54 Å². The molecule has 6 heteroatoms. The second-order valence-corrected chi connectivity index (χ2v) is 6.00. The molecule has 0 radical (unpaired) electrons. The molecule has 0 aromatic carbocycles. The monoisotopic (exact) mass is 283 g/mol. The Morgan fingerprint density at radius 3 is 2.55 bits per heavy atom. The number of nitrogens with two attached hydrogens (primary N) is 1. The van der Waals surface area contributed by atoms with Gasteiger partial charge in [0.05, 0.1) is 24.2 Å². The van der Waals surface area contributed by atoms with Crippen LogP contribution in [0.25, 0.3) is 0 Å². The van der Waals surface area contributed by atoms with Crippen LogP contribution in [0.4, 0.5) is 0 Å². The topological polar surface area (TPSA) is 88.2 Å². The Bertz CT molecular complexity index is 399. The van der Waals surface area contributed by atoms with E-state index in [0.717, 1.165) is 19.3 Å². The molecule has 114 valence electrons.